The number of hydrogen-bond donors (Lipinski definition) is 1. The average molecular weight is 395 g/mol. The van der Waals surface area contributed by atoms with Gasteiger partial charge in [0.1, 0.15) is 5.58 Å². The van der Waals surface area contributed by atoms with Crippen LogP contribution in [0.3, 0.4) is 0 Å². The van der Waals surface area contributed by atoms with Gasteiger partial charge in [-0.1, -0.05) is 36.4 Å². The molecule has 0 spiro atoms. The predicted octanol–water partition coefficient (Wildman–Crippen LogP) is 3.57. The zero-order valence-corrected chi connectivity index (χ0v) is 16.2. The van der Waals surface area contributed by atoms with Crippen molar-refractivity contribution in [1.29, 1.82) is 0 Å². The number of para-hydroxylation sites is 2. The van der Waals surface area contributed by atoms with Gasteiger partial charge in [-0.3, -0.25) is 19.9 Å². The van der Waals surface area contributed by atoms with Gasteiger partial charge in [0.15, 0.2) is 0 Å². The molecule has 0 saturated heterocycles. The van der Waals surface area contributed by atoms with Crippen molar-refractivity contribution in [2.45, 2.75) is 19.4 Å². The van der Waals surface area contributed by atoms with Crippen LogP contribution in [0.5, 0.6) is 0 Å². The molecule has 4 heterocycles. The predicted molar refractivity (Wildman–Crippen MR) is 114 cm³/mol. The molecule has 6 nitrogen and oxygen atoms in total. The molecule has 0 bridgehead atoms. The van der Waals surface area contributed by atoms with Crippen LogP contribution in [0.2, 0.25) is 0 Å². The molecule has 0 saturated carbocycles. The minimum Gasteiger partial charge on any atom is -0.464 e. The van der Waals surface area contributed by atoms with E-state index in [1.165, 1.54) is 5.56 Å². The van der Waals surface area contributed by atoms with Gasteiger partial charge in [0.25, 0.3) is 11.8 Å². The highest BCUT2D eigenvalue weighted by molar-refractivity contribution is 6.48. The largest absolute Gasteiger partial charge is 0.464 e. The minimum absolute atomic E-state index is 0.281. The summed E-state index contributed by atoms with van der Waals surface area (Å²) >= 11 is 0. The van der Waals surface area contributed by atoms with Crippen LogP contribution in [-0.4, -0.2) is 23.6 Å². The van der Waals surface area contributed by atoms with Crippen LogP contribution >= 0.6 is 0 Å². The molecule has 2 amide bonds. The standard InChI is InChI=1S/C24H17N3O3/c1-13-12-15-5-3-7-17-20(25-9-10-27(13)21(15)17)19-18(23(28)26-24(19)29)16-6-2-4-14-8-11-30-22(14)16/h2-11,13H,12H2,1H3,(H,26,28,29). The summed E-state index contributed by atoms with van der Waals surface area (Å²) in [7, 11) is 0. The second kappa shape index (κ2) is 6.03. The van der Waals surface area contributed by atoms with Crippen LogP contribution in [0.25, 0.3) is 16.5 Å². The van der Waals surface area contributed by atoms with Gasteiger partial charge in [-0.15, -0.1) is 0 Å². The Morgan fingerprint density at radius 2 is 1.83 bits per heavy atom. The molecule has 146 valence electrons. The number of benzene rings is 2. The van der Waals surface area contributed by atoms with Gasteiger partial charge in [-0.05, 0) is 25.0 Å². The van der Waals surface area contributed by atoms with Crippen molar-refractivity contribution in [2.75, 3.05) is 4.90 Å². The molecule has 0 radical (unpaired) electrons. The Kier molecular flexibility index (Phi) is 3.41. The molecule has 0 aliphatic carbocycles. The van der Waals surface area contributed by atoms with E-state index in [9.17, 15) is 9.59 Å². The van der Waals surface area contributed by atoms with Crippen molar-refractivity contribution in [3.63, 3.8) is 0 Å². The summed E-state index contributed by atoms with van der Waals surface area (Å²) in [5.41, 5.74) is 5.35. The number of carbonyl (C=O) groups excluding carboxylic acids is 2. The lowest BCUT2D eigenvalue weighted by Crippen LogP contribution is -2.26. The topological polar surface area (TPSA) is 74.9 Å². The van der Waals surface area contributed by atoms with E-state index in [4.69, 9.17) is 4.42 Å². The summed E-state index contributed by atoms with van der Waals surface area (Å²) in [5, 5.41) is 3.33. The quantitative estimate of drug-likeness (QED) is 0.673. The molecule has 2 aromatic carbocycles. The Hall–Kier alpha value is -3.93. The van der Waals surface area contributed by atoms with Gasteiger partial charge in [0.2, 0.25) is 0 Å². The molecule has 1 aromatic heterocycles. The average Bonchev–Trinajstić information content (AvgIpc) is 3.36. The van der Waals surface area contributed by atoms with Gasteiger partial charge < -0.3 is 9.32 Å². The number of aliphatic imine (C=N–C) groups is 1. The maximum Gasteiger partial charge on any atom is 0.261 e. The summed E-state index contributed by atoms with van der Waals surface area (Å²) in [6.45, 7) is 2.16. The summed E-state index contributed by atoms with van der Waals surface area (Å²) in [4.78, 5) is 32.7. The Morgan fingerprint density at radius 1 is 1.03 bits per heavy atom. The second-order valence-corrected chi connectivity index (χ2v) is 7.73. The number of nitrogens with one attached hydrogen (secondary N) is 1. The van der Waals surface area contributed by atoms with E-state index < -0.39 is 11.8 Å². The summed E-state index contributed by atoms with van der Waals surface area (Å²) in [6.07, 6.45) is 6.14. The van der Waals surface area contributed by atoms with E-state index in [1.807, 2.05) is 36.5 Å². The molecule has 6 heteroatoms. The van der Waals surface area contributed by atoms with Crippen molar-refractivity contribution in [3.05, 3.63) is 83.4 Å². The van der Waals surface area contributed by atoms with Crippen molar-refractivity contribution in [2.24, 2.45) is 4.99 Å². The number of nitrogens with zero attached hydrogens (tertiary/aromatic N) is 2. The van der Waals surface area contributed by atoms with Crippen molar-refractivity contribution in [3.8, 4) is 0 Å². The van der Waals surface area contributed by atoms with Gasteiger partial charge in [0, 0.05) is 35.0 Å². The summed E-state index contributed by atoms with van der Waals surface area (Å²) < 4.78 is 5.65. The van der Waals surface area contributed by atoms with E-state index >= 15 is 0 Å². The number of amides is 2. The van der Waals surface area contributed by atoms with E-state index in [0.29, 0.717) is 28.5 Å². The molecule has 3 aliphatic rings. The van der Waals surface area contributed by atoms with Gasteiger partial charge >= 0.3 is 0 Å². The van der Waals surface area contributed by atoms with Crippen LogP contribution in [0.4, 0.5) is 5.69 Å². The van der Waals surface area contributed by atoms with E-state index in [-0.39, 0.29) is 5.57 Å². The highest BCUT2D eigenvalue weighted by Crippen LogP contribution is 2.40. The highest BCUT2D eigenvalue weighted by Gasteiger charge is 2.38. The first kappa shape index (κ1) is 17.0. The van der Waals surface area contributed by atoms with Gasteiger partial charge in [-0.2, -0.15) is 0 Å². The molecule has 3 aliphatic heterocycles. The van der Waals surface area contributed by atoms with Crippen LogP contribution in [0, 0.1) is 0 Å². The number of anilines is 1. The fraction of sp³-hybridized carbons (Fsp3) is 0.125. The van der Waals surface area contributed by atoms with E-state index in [2.05, 4.69) is 28.2 Å². The summed E-state index contributed by atoms with van der Waals surface area (Å²) in [6, 6.07) is 13.7. The molecule has 1 atom stereocenters. The van der Waals surface area contributed by atoms with E-state index in [1.54, 1.807) is 18.5 Å². The Morgan fingerprint density at radius 3 is 2.73 bits per heavy atom. The Balaban J connectivity index is 1.64. The first-order valence-electron chi connectivity index (χ1n) is 9.85. The number of imide groups is 1. The fourth-order valence-corrected chi connectivity index (χ4v) is 4.69. The lowest BCUT2D eigenvalue weighted by atomic mass is 9.92. The van der Waals surface area contributed by atoms with Crippen molar-refractivity contribution < 1.29 is 14.0 Å². The van der Waals surface area contributed by atoms with Gasteiger partial charge in [0.05, 0.1) is 28.8 Å². The third kappa shape index (κ3) is 2.21. The number of hydrogen-bond acceptors (Lipinski definition) is 5. The molecular weight excluding hydrogens is 378 g/mol. The van der Waals surface area contributed by atoms with Crippen LogP contribution in [0.1, 0.15) is 23.6 Å². The Labute approximate surface area is 172 Å². The van der Waals surface area contributed by atoms with Crippen LogP contribution in [0.15, 0.2) is 76.1 Å². The molecule has 3 aromatic rings. The second-order valence-electron chi connectivity index (χ2n) is 7.73. The lowest BCUT2D eigenvalue weighted by molar-refractivity contribution is -0.123. The van der Waals surface area contributed by atoms with Crippen LogP contribution in [-0.2, 0) is 16.0 Å². The minimum atomic E-state index is -0.442. The molecule has 6 rings (SSSR count). The first-order valence-corrected chi connectivity index (χ1v) is 9.85. The SMILES string of the molecule is CC1Cc2cccc3c2N1C=CN=C3C1=C(c2cccc3ccoc23)C(=O)NC1=O. The number of carbonyl (C=O) groups is 2. The van der Waals surface area contributed by atoms with E-state index in [0.717, 1.165) is 23.1 Å². The number of rotatable bonds is 2. The molecule has 1 N–H and O–H groups in total. The third-order valence-electron chi connectivity index (χ3n) is 5.97. The maximum atomic E-state index is 13.0. The fourth-order valence-electron chi connectivity index (χ4n) is 4.69. The highest BCUT2D eigenvalue weighted by atomic mass is 16.3. The molecular formula is C24H17N3O3. The monoisotopic (exact) mass is 395 g/mol. The zero-order chi connectivity index (χ0) is 20.4. The molecule has 1 unspecified atom stereocenters. The number of fused-ring (bicyclic) bond motifs is 1. The third-order valence-corrected chi connectivity index (χ3v) is 5.97. The normalized spacial score (nSPS) is 20.0. The number of furan rings is 1. The smallest absolute Gasteiger partial charge is 0.261 e. The van der Waals surface area contributed by atoms with Gasteiger partial charge in [-0.25, -0.2) is 0 Å². The summed E-state index contributed by atoms with van der Waals surface area (Å²) in [5.74, 6) is -0.879. The van der Waals surface area contributed by atoms with Crippen molar-refractivity contribution in [1.82, 2.24) is 5.32 Å². The Bertz CT molecular complexity index is 1360. The van der Waals surface area contributed by atoms with Crippen molar-refractivity contribution >= 4 is 39.8 Å². The molecule has 0 fully saturated rings. The lowest BCUT2D eigenvalue weighted by Gasteiger charge is -2.21. The van der Waals surface area contributed by atoms with Crippen LogP contribution < -0.4 is 10.2 Å². The zero-order valence-electron chi connectivity index (χ0n) is 16.2. The maximum absolute atomic E-state index is 13.0. The molecule has 30 heavy (non-hydrogen) atoms. The first-order chi connectivity index (χ1) is 14.6.